The zero-order chi connectivity index (χ0) is 20.5. The highest BCUT2D eigenvalue weighted by molar-refractivity contribution is 6.09. The first-order valence-electron chi connectivity index (χ1n) is 8.54. The molecular formula is C22H20F2N2O2. The number of carbonyl (C=O) groups excluding carboxylic acids is 2. The highest BCUT2D eigenvalue weighted by Gasteiger charge is 2.19. The number of hydrogen-bond acceptors (Lipinski definition) is 2. The van der Waals surface area contributed by atoms with Crippen LogP contribution in [-0.4, -0.2) is 18.4 Å². The highest BCUT2D eigenvalue weighted by Crippen LogP contribution is 2.20. The van der Waals surface area contributed by atoms with E-state index in [-0.39, 0.29) is 23.4 Å². The van der Waals surface area contributed by atoms with Crippen LogP contribution in [0.5, 0.6) is 0 Å². The summed E-state index contributed by atoms with van der Waals surface area (Å²) in [7, 11) is 0. The summed E-state index contributed by atoms with van der Waals surface area (Å²) in [4.78, 5) is 24.8. The molecule has 2 aromatic rings. The van der Waals surface area contributed by atoms with Crippen LogP contribution in [-0.2, 0) is 0 Å². The first kappa shape index (κ1) is 20.8. The lowest BCUT2D eigenvalue weighted by molar-refractivity contribution is 0.0951. The molecule has 0 saturated carbocycles. The topological polar surface area (TPSA) is 58.2 Å². The van der Waals surface area contributed by atoms with E-state index in [0.717, 1.165) is 17.7 Å². The van der Waals surface area contributed by atoms with Gasteiger partial charge in [0.1, 0.15) is 11.6 Å². The largest absolute Gasteiger partial charge is 0.352 e. The van der Waals surface area contributed by atoms with E-state index in [1.165, 1.54) is 30.3 Å². The Kier molecular flexibility index (Phi) is 7.39. The molecule has 2 rings (SSSR count). The van der Waals surface area contributed by atoms with Crippen molar-refractivity contribution in [3.63, 3.8) is 0 Å². The maximum Gasteiger partial charge on any atom is 0.258 e. The zero-order valence-corrected chi connectivity index (χ0v) is 15.2. The van der Waals surface area contributed by atoms with Crippen LogP contribution >= 0.6 is 0 Å². The van der Waals surface area contributed by atoms with Gasteiger partial charge in [-0.1, -0.05) is 49.6 Å². The Morgan fingerprint density at radius 1 is 0.964 bits per heavy atom. The minimum atomic E-state index is -0.797. The normalized spacial score (nSPS) is 10.9. The quantitative estimate of drug-likeness (QED) is 0.654. The number of amides is 2. The molecule has 4 nitrogen and oxygen atoms in total. The second-order valence-corrected chi connectivity index (χ2v) is 5.78. The first-order chi connectivity index (χ1) is 13.5. The van der Waals surface area contributed by atoms with Crippen LogP contribution in [0.4, 0.5) is 14.5 Å². The van der Waals surface area contributed by atoms with Crippen LogP contribution in [0.15, 0.2) is 79.4 Å². The fourth-order valence-electron chi connectivity index (χ4n) is 2.51. The summed E-state index contributed by atoms with van der Waals surface area (Å²) >= 11 is 0. The lowest BCUT2D eigenvalue weighted by Gasteiger charge is -2.13. The fourth-order valence-corrected chi connectivity index (χ4v) is 2.51. The molecule has 0 aliphatic heterocycles. The van der Waals surface area contributed by atoms with Gasteiger partial charge in [0.15, 0.2) is 0 Å². The SMILES string of the molecule is C=C/C=C(\C=C)CCNC(=O)c1c(F)cccc1NC(=O)c1ccccc1F. The molecular weight excluding hydrogens is 362 g/mol. The van der Waals surface area contributed by atoms with Gasteiger partial charge in [0.25, 0.3) is 11.8 Å². The van der Waals surface area contributed by atoms with Crippen molar-refractivity contribution >= 4 is 17.5 Å². The van der Waals surface area contributed by atoms with Gasteiger partial charge in [-0.3, -0.25) is 9.59 Å². The molecule has 0 aliphatic carbocycles. The van der Waals surface area contributed by atoms with Crippen molar-refractivity contribution < 1.29 is 18.4 Å². The number of hydrogen-bond donors (Lipinski definition) is 2. The fraction of sp³-hybridized carbons (Fsp3) is 0.0909. The summed E-state index contributed by atoms with van der Waals surface area (Å²) in [5.41, 5.74) is 0.289. The van der Waals surface area contributed by atoms with Crippen molar-refractivity contribution in [1.82, 2.24) is 5.32 Å². The Labute approximate surface area is 162 Å². The number of halogens is 2. The van der Waals surface area contributed by atoms with E-state index < -0.39 is 23.4 Å². The molecule has 2 N–H and O–H groups in total. The van der Waals surface area contributed by atoms with E-state index in [1.807, 2.05) is 0 Å². The minimum Gasteiger partial charge on any atom is -0.352 e. The number of carbonyl (C=O) groups is 2. The second-order valence-electron chi connectivity index (χ2n) is 5.78. The predicted octanol–water partition coefficient (Wildman–Crippen LogP) is 4.64. The first-order valence-corrected chi connectivity index (χ1v) is 8.54. The molecule has 0 bridgehead atoms. The number of nitrogens with one attached hydrogen (secondary N) is 2. The van der Waals surface area contributed by atoms with Gasteiger partial charge >= 0.3 is 0 Å². The van der Waals surface area contributed by atoms with Crippen LogP contribution in [0.1, 0.15) is 27.1 Å². The van der Waals surface area contributed by atoms with Gasteiger partial charge in [-0.15, -0.1) is 0 Å². The standard InChI is InChI=1S/C22H20F2N2O2/c1-3-8-15(4-2)13-14-25-22(28)20-18(24)11-7-12-19(20)26-21(27)16-9-5-6-10-17(16)23/h3-12H,1-2,13-14H2,(H,25,28)(H,26,27)/b15-8+. The lowest BCUT2D eigenvalue weighted by Crippen LogP contribution is -2.27. The molecule has 0 saturated heterocycles. The average Bonchev–Trinajstić information content (AvgIpc) is 2.67. The number of rotatable bonds is 8. The van der Waals surface area contributed by atoms with Crippen molar-refractivity contribution in [1.29, 1.82) is 0 Å². The molecule has 144 valence electrons. The molecule has 0 heterocycles. The molecule has 0 fully saturated rings. The van der Waals surface area contributed by atoms with Crippen LogP contribution in [0.25, 0.3) is 0 Å². The van der Waals surface area contributed by atoms with Gasteiger partial charge in [0.05, 0.1) is 16.8 Å². The van der Waals surface area contributed by atoms with Crippen LogP contribution in [0.3, 0.4) is 0 Å². The third-order valence-corrected chi connectivity index (χ3v) is 3.90. The third kappa shape index (κ3) is 5.23. The monoisotopic (exact) mass is 382 g/mol. The maximum atomic E-state index is 14.3. The molecule has 0 aliphatic rings. The van der Waals surface area contributed by atoms with Crippen molar-refractivity contribution in [2.45, 2.75) is 6.42 Å². The van der Waals surface area contributed by atoms with Gasteiger partial charge in [0.2, 0.25) is 0 Å². The maximum absolute atomic E-state index is 14.3. The van der Waals surface area contributed by atoms with E-state index in [4.69, 9.17) is 0 Å². The van der Waals surface area contributed by atoms with Crippen molar-refractivity contribution in [3.8, 4) is 0 Å². The minimum absolute atomic E-state index is 0.0451. The molecule has 0 unspecified atom stereocenters. The van der Waals surface area contributed by atoms with Gasteiger partial charge in [-0.25, -0.2) is 8.78 Å². The Hall–Kier alpha value is -3.54. The highest BCUT2D eigenvalue weighted by atomic mass is 19.1. The van der Waals surface area contributed by atoms with Crippen LogP contribution in [0, 0.1) is 11.6 Å². The smallest absolute Gasteiger partial charge is 0.258 e. The molecule has 0 radical (unpaired) electrons. The summed E-state index contributed by atoms with van der Waals surface area (Å²) in [6.45, 7) is 7.49. The second kappa shape index (κ2) is 9.97. The Bertz CT molecular complexity index is 936. The third-order valence-electron chi connectivity index (χ3n) is 3.90. The zero-order valence-electron chi connectivity index (χ0n) is 15.2. The van der Waals surface area contributed by atoms with E-state index in [1.54, 1.807) is 18.2 Å². The van der Waals surface area contributed by atoms with Gasteiger partial charge in [-0.05, 0) is 36.3 Å². The predicted molar refractivity (Wildman–Crippen MR) is 106 cm³/mol. The Morgan fingerprint density at radius 2 is 1.68 bits per heavy atom. The molecule has 2 amide bonds. The van der Waals surface area contributed by atoms with Crippen molar-refractivity contribution in [3.05, 3.63) is 102 Å². The summed E-state index contributed by atoms with van der Waals surface area (Å²) in [6, 6.07) is 9.24. The summed E-state index contributed by atoms with van der Waals surface area (Å²) in [6.07, 6.45) is 5.47. The molecule has 0 spiro atoms. The number of anilines is 1. The molecule has 0 atom stereocenters. The van der Waals surface area contributed by atoms with Crippen LogP contribution < -0.4 is 10.6 Å². The number of allylic oxidation sites excluding steroid dienone is 3. The van der Waals surface area contributed by atoms with E-state index in [0.29, 0.717) is 6.42 Å². The van der Waals surface area contributed by atoms with E-state index in [9.17, 15) is 18.4 Å². The molecule has 0 aromatic heterocycles. The van der Waals surface area contributed by atoms with Crippen LogP contribution in [0.2, 0.25) is 0 Å². The average molecular weight is 382 g/mol. The summed E-state index contributed by atoms with van der Waals surface area (Å²) in [5, 5.41) is 5.00. The molecule has 28 heavy (non-hydrogen) atoms. The van der Waals surface area contributed by atoms with Gasteiger partial charge < -0.3 is 10.6 Å². The summed E-state index contributed by atoms with van der Waals surface area (Å²) in [5.74, 6) is -2.98. The van der Waals surface area contributed by atoms with Crippen molar-refractivity contribution in [2.24, 2.45) is 0 Å². The van der Waals surface area contributed by atoms with Gasteiger partial charge in [0, 0.05) is 6.54 Å². The molecule has 2 aromatic carbocycles. The van der Waals surface area contributed by atoms with E-state index >= 15 is 0 Å². The Morgan fingerprint density at radius 3 is 2.36 bits per heavy atom. The number of benzene rings is 2. The van der Waals surface area contributed by atoms with E-state index in [2.05, 4.69) is 23.8 Å². The molecule has 6 heteroatoms. The Balaban J connectivity index is 2.17. The van der Waals surface area contributed by atoms with Crippen molar-refractivity contribution in [2.75, 3.05) is 11.9 Å². The summed E-state index contributed by atoms with van der Waals surface area (Å²) < 4.78 is 28.1. The van der Waals surface area contributed by atoms with Gasteiger partial charge in [-0.2, -0.15) is 0 Å². The lowest BCUT2D eigenvalue weighted by atomic mass is 10.1.